The van der Waals surface area contributed by atoms with Gasteiger partial charge in [0.2, 0.25) is 11.8 Å². The summed E-state index contributed by atoms with van der Waals surface area (Å²) in [6.45, 7) is 13.9. The molecule has 9 N–H and O–H groups in total. The molecule has 2 unspecified atom stereocenters. The Kier molecular flexibility index (Phi) is 28.8. The van der Waals surface area contributed by atoms with Crippen molar-refractivity contribution in [3.05, 3.63) is 65.0 Å². The van der Waals surface area contributed by atoms with E-state index >= 15 is 8.78 Å². The number of unbranched alkanes of at least 4 members (excludes halogenated alkanes) is 3. The number of aliphatic hydroxyl groups excluding tert-OH is 1. The minimum atomic E-state index is -2.38. The fraction of sp³-hybridized carbons (Fsp3) is 0.722. The number of ketones is 4. The Morgan fingerprint density at radius 2 is 1.61 bits per heavy atom. The van der Waals surface area contributed by atoms with Crippen molar-refractivity contribution in [2.75, 3.05) is 64.7 Å². The van der Waals surface area contributed by atoms with Crippen LogP contribution in [0.1, 0.15) is 187 Å². The van der Waals surface area contributed by atoms with Crippen molar-refractivity contribution in [3.63, 3.8) is 0 Å². The van der Waals surface area contributed by atoms with Crippen molar-refractivity contribution >= 4 is 52.8 Å². The van der Waals surface area contributed by atoms with E-state index < -0.39 is 124 Å². The number of urea groups is 1. The average molecular weight is 1390 g/mol. The maximum absolute atomic E-state index is 18.0. The molecule has 1 aromatic heterocycles. The number of rotatable bonds is 40. The van der Waals surface area contributed by atoms with Crippen molar-refractivity contribution in [1.29, 1.82) is 0 Å². The lowest BCUT2D eigenvalue weighted by Crippen LogP contribution is -2.71. The molecule has 1 saturated heterocycles. The van der Waals surface area contributed by atoms with Crippen LogP contribution in [-0.4, -0.2) is 175 Å². The van der Waals surface area contributed by atoms with E-state index in [9.17, 15) is 43.5 Å². The average Bonchev–Trinajstić information content (AvgIpc) is 1.57. The van der Waals surface area contributed by atoms with Crippen LogP contribution in [0.2, 0.25) is 0 Å². The summed E-state index contributed by atoms with van der Waals surface area (Å²) in [6, 6.07) is 3.71. The zero-order valence-electron chi connectivity index (χ0n) is 58.6. The fourth-order valence-electron chi connectivity index (χ4n) is 15.8. The van der Waals surface area contributed by atoms with E-state index in [1.165, 1.54) is 19.1 Å². The number of aliphatic hydroxyl groups is 1. The second kappa shape index (κ2) is 36.4. The number of hydrogen-bond donors (Lipinski definition) is 7. The molecule has 2 heterocycles. The Balaban J connectivity index is 0.766. The van der Waals surface area contributed by atoms with Gasteiger partial charge in [-0.15, -0.1) is 5.10 Å². The van der Waals surface area contributed by atoms with E-state index in [1.54, 1.807) is 45.0 Å². The normalized spacial score (nSPS) is 27.8. The Bertz CT molecular complexity index is 3150. The number of hydrogen-bond acceptors (Lipinski definition) is 19. The fourth-order valence-corrected chi connectivity index (χ4v) is 15.8. The number of aromatic nitrogens is 3. The van der Waals surface area contributed by atoms with E-state index in [0.29, 0.717) is 102 Å². The van der Waals surface area contributed by atoms with Gasteiger partial charge in [-0.1, -0.05) is 96.6 Å². The molecule has 5 aliphatic carbocycles. The number of benzene rings is 1. The highest BCUT2D eigenvalue weighted by Gasteiger charge is 2.80. The molecule has 3 saturated carbocycles. The number of alkyl carbamates (subject to hydrolysis) is 1. The first kappa shape index (κ1) is 78.3. The van der Waals surface area contributed by atoms with E-state index in [2.05, 4.69) is 38.5 Å². The maximum Gasteiger partial charge on any atom is 0.407 e. The van der Waals surface area contributed by atoms with Crippen LogP contribution < -0.4 is 32.7 Å². The molecule has 0 spiro atoms. The number of fused-ring (bicyclic) bond motifs is 8. The molecule has 0 bridgehead atoms. The molecule has 27 heteroatoms. The lowest BCUT2D eigenvalue weighted by molar-refractivity contribution is -0.233. The van der Waals surface area contributed by atoms with Crippen LogP contribution in [0, 0.1) is 34.5 Å². The standard InChI is InChI=1S/C72H107F2N9O16/c1-7-9-31-93-33-35-95-36-34-94-32-30-83-56-21-14-11-15-22-58(64(56)81-82-83)96-44-50(85)19-12-10-13-20-55(75)66(90)80-63(45(3)4)57(86)37-47(18-16-29-77-67(76)91)65(89)79-48-25-23-46(24-26-48)43-97-68(92)78-42-60(88)72-61(98-62(99-72)17-8-2)40-51-52-39-54(73)53-38-49(84)27-28-69(53,5)71(52,74)59(87)41-70(51,72)6/h23-28,38,45,47,51-52,54-55,58-59,61-63,87H,7-22,29-37,39-44,75H2,1-6H3,(H,78,92)(H,79,89)(H,80,90)(H3,76,77,91)/t47-,51+,52+,54+,55+,58?,59+,61-,62?,63+,69+,70+,71+,72-/m1/s1. The third-order valence-corrected chi connectivity index (χ3v) is 21.1. The summed E-state index contributed by atoms with van der Waals surface area (Å²) in [5.74, 6) is -5.53. The van der Waals surface area contributed by atoms with Gasteiger partial charge in [0.1, 0.15) is 31.2 Å². The van der Waals surface area contributed by atoms with Gasteiger partial charge in [-0.25, -0.2) is 23.1 Å². The third-order valence-electron chi connectivity index (χ3n) is 21.1. The first-order valence-corrected chi connectivity index (χ1v) is 35.9. The summed E-state index contributed by atoms with van der Waals surface area (Å²) in [7, 11) is 0. The number of ether oxygens (including phenoxy) is 7. The minimum absolute atomic E-state index is 0.0153. The van der Waals surface area contributed by atoms with E-state index in [-0.39, 0.29) is 75.2 Å². The molecule has 2 aromatic rings. The van der Waals surface area contributed by atoms with E-state index in [1.807, 2.05) is 11.6 Å². The van der Waals surface area contributed by atoms with Crippen molar-refractivity contribution in [2.45, 2.75) is 237 Å². The number of allylic oxidation sites excluding steroid dienone is 4. The topological polar surface area (TPSA) is 352 Å². The molecule has 550 valence electrons. The number of amides is 5. The van der Waals surface area contributed by atoms with Gasteiger partial charge in [-0.05, 0) is 131 Å². The van der Waals surface area contributed by atoms with Gasteiger partial charge in [0.15, 0.2) is 40.7 Å². The highest BCUT2D eigenvalue weighted by Crippen LogP contribution is 2.72. The van der Waals surface area contributed by atoms with Crippen molar-refractivity contribution in [3.8, 4) is 0 Å². The summed E-state index contributed by atoms with van der Waals surface area (Å²) in [5.41, 5.74) is 7.28. The van der Waals surface area contributed by atoms with Gasteiger partial charge in [0.25, 0.3) is 0 Å². The van der Waals surface area contributed by atoms with Gasteiger partial charge < -0.3 is 71.0 Å². The zero-order chi connectivity index (χ0) is 71.5. The highest BCUT2D eigenvalue weighted by molar-refractivity contribution is 6.01. The van der Waals surface area contributed by atoms with Gasteiger partial charge in [0, 0.05) is 54.3 Å². The number of nitrogens with zero attached hydrogens (tertiary/aromatic N) is 3. The molecule has 0 radical (unpaired) electrons. The van der Waals surface area contributed by atoms with Gasteiger partial charge in [0.05, 0.1) is 76.1 Å². The molecule has 25 nitrogen and oxygen atoms in total. The van der Waals surface area contributed by atoms with Crippen molar-refractivity contribution in [1.82, 2.24) is 30.9 Å². The zero-order valence-corrected chi connectivity index (χ0v) is 58.6. The molecular weight excluding hydrogens is 1280 g/mol. The molecular formula is C72H107F2N9O16. The van der Waals surface area contributed by atoms with Crippen LogP contribution in [0.25, 0.3) is 0 Å². The first-order valence-electron chi connectivity index (χ1n) is 35.9. The van der Waals surface area contributed by atoms with Crippen molar-refractivity contribution in [2.24, 2.45) is 46.0 Å². The second-order valence-corrected chi connectivity index (χ2v) is 28.3. The number of carbonyl (C=O) groups excluding carboxylic acids is 8. The van der Waals surface area contributed by atoms with Crippen LogP contribution in [0.4, 0.5) is 24.1 Å². The number of Topliss-reactive ketones (excluding diaryl/α,β-unsaturated/α-hetero) is 3. The Hall–Kier alpha value is -6.46. The molecule has 14 atom stereocenters. The van der Waals surface area contributed by atoms with Crippen LogP contribution in [0.15, 0.2) is 48.1 Å². The lowest BCUT2D eigenvalue weighted by atomic mass is 9.44. The van der Waals surface area contributed by atoms with Crippen LogP contribution >= 0.6 is 0 Å². The second-order valence-electron chi connectivity index (χ2n) is 28.3. The molecule has 4 fully saturated rings. The van der Waals surface area contributed by atoms with Crippen LogP contribution in [-0.2, 0) is 81.5 Å². The summed E-state index contributed by atoms with van der Waals surface area (Å²) in [4.78, 5) is 107. The minimum Gasteiger partial charge on any atom is -0.445 e. The third kappa shape index (κ3) is 19.0. The highest BCUT2D eigenvalue weighted by atomic mass is 19.1. The molecule has 6 aliphatic rings. The Morgan fingerprint density at radius 3 is 2.32 bits per heavy atom. The predicted molar refractivity (Wildman–Crippen MR) is 361 cm³/mol. The van der Waals surface area contributed by atoms with E-state index in [4.69, 9.17) is 44.6 Å². The number of nitrogens with two attached hydrogens (primary N) is 2. The van der Waals surface area contributed by atoms with Gasteiger partial charge in [-0.3, -0.25) is 28.8 Å². The Labute approximate surface area is 579 Å². The van der Waals surface area contributed by atoms with Gasteiger partial charge in [-0.2, -0.15) is 0 Å². The Morgan fingerprint density at radius 1 is 0.869 bits per heavy atom. The predicted octanol–water partition coefficient (Wildman–Crippen LogP) is 7.96. The monoisotopic (exact) mass is 1390 g/mol. The lowest BCUT2D eigenvalue weighted by Gasteiger charge is -2.63. The molecule has 5 amide bonds. The number of anilines is 1. The number of halogens is 2. The number of primary amides is 1. The summed E-state index contributed by atoms with van der Waals surface area (Å²) in [5, 5.41) is 31.6. The summed E-state index contributed by atoms with van der Waals surface area (Å²) >= 11 is 0. The van der Waals surface area contributed by atoms with Crippen molar-refractivity contribution < 1.29 is 85.4 Å². The summed E-state index contributed by atoms with van der Waals surface area (Å²) in [6.07, 6.45) is 7.24. The molecule has 1 aliphatic heterocycles. The molecule has 99 heavy (non-hydrogen) atoms. The summed E-state index contributed by atoms with van der Waals surface area (Å²) < 4.78 is 77.6. The molecule has 8 rings (SSSR count). The maximum atomic E-state index is 18.0. The van der Waals surface area contributed by atoms with Gasteiger partial charge >= 0.3 is 12.1 Å². The number of alkyl halides is 2. The van der Waals surface area contributed by atoms with E-state index in [0.717, 1.165) is 69.0 Å². The number of carbonyl (C=O) groups is 8. The molecule has 1 aromatic carbocycles. The SMILES string of the molecule is CCCCOCCOCCOCCn1nnc2c1CCCCCC2OCC(=O)CCCCC[C@H](N)C(=O)N[C@H](C(=O)C[C@@H](CCCNC(N)=O)C(=O)Nc1ccc(COC(=O)NCC(=O)[C@@]23OC(CCC)O[C@@H]2C[C@H]2[C@@H]4C[C@H](F)C5=CC(=O)C=C[C@]5(C)[C@@]4(F)[C@@H](O)C[C@@]23C)cc1)C(C)C. The largest absolute Gasteiger partial charge is 0.445 e. The smallest absolute Gasteiger partial charge is 0.407 e. The quantitative estimate of drug-likeness (QED) is 0.0311. The van der Waals surface area contributed by atoms with Crippen LogP contribution in [0.3, 0.4) is 0 Å². The number of nitrogens with one attached hydrogen (secondary N) is 4. The first-order chi connectivity index (χ1) is 47.4. The van der Waals surface area contributed by atoms with Crippen LogP contribution in [0.5, 0.6) is 0 Å².